The Labute approximate surface area is 199 Å². The second-order valence-corrected chi connectivity index (χ2v) is 8.05. The SMILES string of the molecule is COC(=O)CN1C(=O)N/C(=C/c2cc(Cl)c(OCc3ccc4ccccc4c3)c(Cl)c2)C1=O. The second kappa shape index (κ2) is 9.52. The molecule has 1 fully saturated rings. The van der Waals surface area contributed by atoms with E-state index in [9.17, 15) is 14.4 Å². The molecular weight excluding hydrogens is 467 g/mol. The summed E-state index contributed by atoms with van der Waals surface area (Å²) < 4.78 is 10.4. The number of hydrogen-bond acceptors (Lipinski definition) is 5. The zero-order valence-corrected chi connectivity index (χ0v) is 18.9. The number of benzene rings is 3. The van der Waals surface area contributed by atoms with Gasteiger partial charge in [-0.15, -0.1) is 0 Å². The van der Waals surface area contributed by atoms with E-state index in [1.54, 1.807) is 12.1 Å². The number of ether oxygens (including phenoxy) is 2. The van der Waals surface area contributed by atoms with Crippen LogP contribution in [0.1, 0.15) is 11.1 Å². The Bertz CT molecular complexity index is 1280. The first-order valence-electron chi connectivity index (χ1n) is 9.86. The van der Waals surface area contributed by atoms with Gasteiger partial charge < -0.3 is 14.8 Å². The van der Waals surface area contributed by atoms with Crippen LogP contribution >= 0.6 is 23.2 Å². The first-order valence-corrected chi connectivity index (χ1v) is 10.6. The van der Waals surface area contributed by atoms with Crippen molar-refractivity contribution in [2.75, 3.05) is 13.7 Å². The summed E-state index contributed by atoms with van der Waals surface area (Å²) in [6, 6.07) is 16.5. The number of halogens is 2. The van der Waals surface area contributed by atoms with Gasteiger partial charge in [0.25, 0.3) is 5.91 Å². The monoisotopic (exact) mass is 484 g/mol. The van der Waals surface area contributed by atoms with Crippen molar-refractivity contribution in [1.82, 2.24) is 10.2 Å². The number of nitrogens with zero attached hydrogens (tertiary/aromatic N) is 1. The number of hydrogen-bond donors (Lipinski definition) is 1. The van der Waals surface area contributed by atoms with Crippen LogP contribution in [-0.2, 0) is 20.9 Å². The van der Waals surface area contributed by atoms with Crippen molar-refractivity contribution in [2.24, 2.45) is 0 Å². The number of urea groups is 1. The molecule has 3 amide bonds. The molecule has 9 heteroatoms. The molecule has 1 aliphatic rings. The van der Waals surface area contributed by atoms with Crippen LogP contribution in [-0.4, -0.2) is 36.5 Å². The third kappa shape index (κ3) is 4.94. The van der Waals surface area contributed by atoms with Crippen LogP contribution in [0.25, 0.3) is 16.8 Å². The molecule has 1 heterocycles. The molecule has 3 aromatic carbocycles. The largest absolute Gasteiger partial charge is 0.486 e. The zero-order chi connectivity index (χ0) is 23.5. The summed E-state index contributed by atoms with van der Waals surface area (Å²) >= 11 is 12.8. The number of amides is 3. The zero-order valence-electron chi connectivity index (χ0n) is 17.4. The van der Waals surface area contributed by atoms with Crippen LogP contribution in [0.3, 0.4) is 0 Å². The van der Waals surface area contributed by atoms with E-state index in [1.165, 1.54) is 13.2 Å². The van der Waals surface area contributed by atoms with Gasteiger partial charge in [-0.3, -0.25) is 9.59 Å². The number of methoxy groups -OCH3 is 1. The molecule has 0 unspecified atom stereocenters. The van der Waals surface area contributed by atoms with E-state index in [4.69, 9.17) is 27.9 Å². The van der Waals surface area contributed by atoms with Crippen LogP contribution < -0.4 is 10.1 Å². The summed E-state index contributed by atoms with van der Waals surface area (Å²) in [6.45, 7) is -0.219. The molecule has 1 aliphatic heterocycles. The van der Waals surface area contributed by atoms with E-state index in [-0.39, 0.29) is 22.3 Å². The maximum Gasteiger partial charge on any atom is 0.329 e. The maximum absolute atomic E-state index is 12.4. The molecule has 33 heavy (non-hydrogen) atoms. The summed E-state index contributed by atoms with van der Waals surface area (Å²) in [4.78, 5) is 36.6. The number of fused-ring (bicyclic) bond motifs is 1. The maximum atomic E-state index is 12.4. The quantitative estimate of drug-likeness (QED) is 0.308. The van der Waals surface area contributed by atoms with Gasteiger partial charge in [-0.2, -0.15) is 0 Å². The van der Waals surface area contributed by atoms with Crippen LogP contribution in [0, 0.1) is 0 Å². The van der Waals surface area contributed by atoms with Gasteiger partial charge in [0.2, 0.25) is 0 Å². The number of carbonyl (C=O) groups excluding carboxylic acids is 3. The highest BCUT2D eigenvalue weighted by Gasteiger charge is 2.35. The molecule has 0 atom stereocenters. The second-order valence-electron chi connectivity index (χ2n) is 7.24. The molecule has 0 aliphatic carbocycles. The highest BCUT2D eigenvalue weighted by atomic mass is 35.5. The standard InChI is InChI=1S/C24H18Cl2N2O5/c1-32-21(29)12-28-23(30)20(27-24(28)31)11-15-9-18(25)22(19(26)10-15)33-13-14-6-7-16-4-2-3-5-17(16)8-14/h2-11H,12-13H2,1H3,(H,27,31)/b20-11+. The molecule has 3 aromatic rings. The predicted octanol–water partition coefficient (Wildman–Crippen LogP) is 4.79. The highest BCUT2D eigenvalue weighted by Crippen LogP contribution is 2.35. The Morgan fingerprint density at radius 3 is 2.42 bits per heavy atom. The third-order valence-corrected chi connectivity index (χ3v) is 5.57. The molecule has 7 nitrogen and oxygen atoms in total. The molecule has 0 bridgehead atoms. The lowest BCUT2D eigenvalue weighted by atomic mass is 10.1. The van der Waals surface area contributed by atoms with Gasteiger partial charge in [-0.25, -0.2) is 9.69 Å². The summed E-state index contributed by atoms with van der Waals surface area (Å²) in [7, 11) is 1.17. The summed E-state index contributed by atoms with van der Waals surface area (Å²) in [5.41, 5.74) is 1.42. The van der Waals surface area contributed by atoms with E-state index >= 15 is 0 Å². The lowest BCUT2D eigenvalue weighted by molar-refractivity contribution is -0.143. The van der Waals surface area contributed by atoms with Crippen molar-refractivity contribution >= 4 is 58.0 Å². The molecule has 0 aromatic heterocycles. The lowest BCUT2D eigenvalue weighted by Gasteiger charge is -2.12. The van der Waals surface area contributed by atoms with Gasteiger partial charge >= 0.3 is 12.0 Å². The minimum atomic E-state index is -0.718. The number of carbonyl (C=O) groups is 3. The number of nitrogens with one attached hydrogen (secondary N) is 1. The van der Waals surface area contributed by atoms with Crippen molar-refractivity contribution in [1.29, 1.82) is 0 Å². The smallest absolute Gasteiger partial charge is 0.329 e. The van der Waals surface area contributed by atoms with Crippen molar-refractivity contribution in [3.8, 4) is 5.75 Å². The fourth-order valence-corrected chi connectivity index (χ4v) is 3.97. The molecule has 1 saturated heterocycles. The number of imide groups is 1. The van der Waals surface area contributed by atoms with Gasteiger partial charge in [0.1, 0.15) is 18.8 Å². The average Bonchev–Trinajstić information content (AvgIpc) is 3.05. The highest BCUT2D eigenvalue weighted by molar-refractivity contribution is 6.37. The van der Waals surface area contributed by atoms with Gasteiger partial charge in [-0.1, -0.05) is 59.6 Å². The van der Waals surface area contributed by atoms with E-state index in [2.05, 4.69) is 10.1 Å². The molecule has 168 valence electrons. The van der Waals surface area contributed by atoms with E-state index < -0.39 is 24.5 Å². The summed E-state index contributed by atoms with van der Waals surface area (Å²) in [6.07, 6.45) is 1.42. The molecule has 1 N–H and O–H groups in total. The minimum Gasteiger partial charge on any atom is -0.486 e. The van der Waals surface area contributed by atoms with E-state index in [1.807, 2.05) is 42.5 Å². The fourth-order valence-electron chi connectivity index (χ4n) is 3.36. The first-order chi connectivity index (χ1) is 15.9. The summed E-state index contributed by atoms with van der Waals surface area (Å²) in [5, 5.41) is 5.15. The Kier molecular flexibility index (Phi) is 6.53. The number of esters is 1. The summed E-state index contributed by atoms with van der Waals surface area (Å²) in [5.74, 6) is -1.06. The van der Waals surface area contributed by atoms with Crippen LogP contribution in [0.15, 0.2) is 60.3 Å². The Morgan fingerprint density at radius 1 is 1.03 bits per heavy atom. The Balaban J connectivity index is 1.50. The van der Waals surface area contributed by atoms with Crippen molar-refractivity contribution < 1.29 is 23.9 Å². The first kappa shape index (κ1) is 22.6. The van der Waals surface area contributed by atoms with Crippen molar-refractivity contribution in [3.05, 3.63) is 81.5 Å². The minimum absolute atomic E-state index is 0.0131. The van der Waals surface area contributed by atoms with E-state index in [0.717, 1.165) is 21.2 Å². The molecule has 0 spiro atoms. The molecule has 0 saturated carbocycles. The van der Waals surface area contributed by atoms with E-state index in [0.29, 0.717) is 11.3 Å². The molecule has 0 radical (unpaired) electrons. The van der Waals surface area contributed by atoms with Crippen LogP contribution in [0.4, 0.5) is 4.79 Å². The van der Waals surface area contributed by atoms with Crippen molar-refractivity contribution in [2.45, 2.75) is 6.61 Å². The predicted molar refractivity (Wildman–Crippen MR) is 125 cm³/mol. The Morgan fingerprint density at radius 2 is 1.73 bits per heavy atom. The fraction of sp³-hybridized carbons (Fsp3) is 0.125. The average molecular weight is 485 g/mol. The van der Waals surface area contributed by atoms with Gasteiger partial charge in [0, 0.05) is 0 Å². The lowest BCUT2D eigenvalue weighted by Crippen LogP contribution is -2.36. The molecule has 4 rings (SSSR count). The number of rotatable bonds is 6. The third-order valence-electron chi connectivity index (χ3n) is 5.01. The topological polar surface area (TPSA) is 84.9 Å². The van der Waals surface area contributed by atoms with Crippen molar-refractivity contribution in [3.63, 3.8) is 0 Å². The van der Waals surface area contributed by atoms with Crippen LogP contribution in [0.2, 0.25) is 10.0 Å². The Hall–Kier alpha value is -3.55. The normalized spacial score (nSPS) is 14.6. The van der Waals surface area contributed by atoms with Crippen LogP contribution in [0.5, 0.6) is 5.75 Å². The van der Waals surface area contributed by atoms with Gasteiger partial charge in [0.05, 0.1) is 17.2 Å². The van der Waals surface area contributed by atoms with Gasteiger partial charge in [-0.05, 0) is 46.2 Å². The van der Waals surface area contributed by atoms with Gasteiger partial charge in [0.15, 0.2) is 5.75 Å². The molecular formula is C24H18Cl2N2O5.